The Balaban J connectivity index is 1.71. The van der Waals surface area contributed by atoms with E-state index in [0.29, 0.717) is 36.1 Å². The maximum absolute atomic E-state index is 12.4. The standard InChI is InChI=1S/C20H22N2O4/c1-3-15-4-6-16(7-5-15)21-20(24)13-22(14(2)23)17-8-9-18-19(12-17)26-11-10-25-18/h4-9,12H,3,10-11,13H2,1-2H3,(H,21,24). The summed E-state index contributed by atoms with van der Waals surface area (Å²) in [6.07, 6.45) is 0.941. The first-order chi connectivity index (χ1) is 12.6. The lowest BCUT2D eigenvalue weighted by Crippen LogP contribution is -2.36. The molecule has 2 amide bonds. The van der Waals surface area contributed by atoms with Gasteiger partial charge in [0.15, 0.2) is 11.5 Å². The molecule has 0 aromatic heterocycles. The summed E-state index contributed by atoms with van der Waals surface area (Å²) in [6.45, 7) is 4.39. The first-order valence-corrected chi connectivity index (χ1v) is 8.63. The van der Waals surface area contributed by atoms with Crippen molar-refractivity contribution >= 4 is 23.2 Å². The van der Waals surface area contributed by atoms with Crippen molar-refractivity contribution in [2.24, 2.45) is 0 Å². The summed E-state index contributed by atoms with van der Waals surface area (Å²) in [4.78, 5) is 25.9. The number of hydrogen-bond donors (Lipinski definition) is 1. The smallest absolute Gasteiger partial charge is 0.244 e. The average Bonchev–Trinajstić information content (AvgIpc) is 2.66. The third-order valence-electron chi connectivity index (χ3n) is 4.17. The molecule has 1 N–H and O–H groups in total. The van der Waals surface area contributed by atoms with Gasteiger partial charge in [0.05, 0.1) is 0 Å². The largest absolute Gasteiger partial charge is 0.486 e. The molecule has 26 heavy (non-hydrogen) atoms. The molecule has 0 unspecified atom stereocenters. The molecule has 0 saturated carbocycles. The molecular formula is C20H22N2O4. The highest BCUT2D eigenvalue weighted by Gasteiger charge is 2.19. The summed E-state index contributed by atoms with van der Waals surface area (Å²) >= 11 is 0. The van der Waals surface area contributed by atoms with Gasteiger partial charge in [-0.05, 0) is 36.2 Å². The number of carbonyl (C=O) groups excluding carboxylic acids is 2. The van der Waals surface area contributed by atoms with E-state index in [-0.39, 0.29) is 18.4 Å². The van der Waals surface area contributed by atoms with Crippen molar-refractivity contribution in [1.82, 2.24) is 0 Å². The Kier molecular flexibility index (Phi) is 5.41. The molecule has 0 bridgehead atoms. The van der Waals surface area contributed by atoms with E-state index in [1.165, 1.54) is 17.4 Å². The Hall–Kier alpha value is -3.02. The Bertz CT molecular complexity index is 802. The minimum atomic E-state index is -0.265. The lowest BCUT2D eigenvalue weighted by Gasteiger charge is -2.24. The van der Waals surface area contributed by atoms with Gasteiger partial charge in [-0.2, -0.15) is 0 Å². The molecule has 1 aliphatic rings. The van der Waals surface area contributed by atoms with Crippen LogP contribution in [0, 0.1) is 0 Å². The number of aryl methyl sites for hydroxylation is 1. The Morgan fingerprint density at radius 3 is 2.38 bits per heavy atom. The number of nitrogens with zero attached hydrogens (tertiary/aromatic N) is 1. The van der Waals surface area contributed by atoms with Crippen LogP contribution < -0.4 is 19.7 Å². The molecule has 136 valence electrons. The fraction of sp³-hybridized carbons (Fsp3) is 0.300. The van der Waals surface area contributed by atoms with E-state index < -0.39 is 0 Å². The number of anilines is 2. The number of amides is 2. The van der Waals surface area contributed by atoms with Crippen molar-refractivity contribution in [1.29, 1.82) is 0 Å². The van der Waals surface area contributed by atoms with Gasteiger partial charge in [-0.1, -0.05) is 19.1 Å². The van der Waals surface area contributed by atoms with Crippen molar-refractivity contribution in [3.05, 3.63) is 48.0 Å². The van der Waals surface area contributed by atoms with Crippen molar-refractivity contribution < 1.29 is 19.1 Å². The monoisotopic (exact) mass is 354 g/mol. The summed E-state index contributed by atoms with van der Waals surface area (Å²) in [5.74, 6) is 0.733. The maximum atomic E-state index is 12.4. The van der Waals surface area contributed by atoms with Crippen LogP contribution in [0.1, 0.15) is 19.4 Å². The van der Waals surface area contributed by atoms with E-state index in [2.05, 4.69) is 12.2 Å². The van der Waals surface area contributed by atoms with Crippen molar-refractivity contribution in [2.45, 2.75) is 20.3 Å². The quantitative estimate of drug-likeness (QED) is 0.896. The molecule has 1 aliphatic heterocycles. The van der Waals surface area contributed by atoms with Crippen LogP contribution in [0.3, 0.4) is 0 Å². The molecule has 2 aromatic carbocycles. The zero-order valence-corrected chi connectivity index (χ0v) is 15.0. The molecule has 0 fully saturated rings. The molecular weight excluding hydrogens is 332 g/mol. The van der Waals surface area contributed by atoms with Gasteiger partial charge in [-0.15, -0.1) is 0 Å². The summed E-state index contributed by atoms with van der Waals surface area (Å²) in [6, 6.07) is 12.9. The van der Waals surface area contributed by atoms with Gasteiger partial charge in [0, 0.05) is 24.4 Å². The molecule has 0 radical (unpaired) electrons. The third-order valence-corrected chi connectivity index (χ3v) is 4.17. The molecule has 6 nitrogen and oxygen atoms in total. The fourth-order valence-corrected chi connectivity index (χ4v) is 2.75. The number of nitrogens with one attached hydrogen (secondary N) is 1. The lowest BCUT2D eigenvalue weighted by molar-refractivity contribution is -0.120. The molecule has 2 aromatic rings. The van der Waals surface area contributed by atoms with Crippen LogP contribution in [-0.2, 0) is 16.0 Å². The van der Waals surface area contributed by atoms with Crippen LogP contribution in [0.2, 0.25) is 0 Å². The van der Waals surface area contributed by atoms with E-state index in [1.54, 1.807) is 18.2 Å². The lowest BCUT2D eigenvalue weighted by atomic mass is 10.1. The molecule has 0 aliphatic carbocycles. The highest BCUT2D eigenvalue weighted by molar-refractivity contribution is 6.02. The number of hydrogen-bond acceptors (Lipinski definition) is 4. The van der Waals surface area contributed by atoms with Gasteiger partial charge in [0.1, 0.15) is 19.8 Å². The van der Waals surface area contributed by atoms with Gasteiger partial charge in [0.25, 0.3) is 0 Å². The predicted molar refractivity (Wildman–Crippen MR) is 99.9 cm³/mol. The first kappa shape index (κ1) is 17.8. The average molecular weight is 354 g/mol. The topological polar surface area (TPSA) is 67.9 Å². The van der Waals surface area contributed by atoms with Gasteiger partial charge in [-0.25, -0.2) is 0 Å². The zero-order chi connectivity index (χ0) is 18.5. The number of carbonyl (C=O) groups is 2. The van der Waals surface area contributed by atoms with Crippen LogP contribution >= 0.6 is 0 Å². The molecule has 3 rings (SSSR count). The summed E-state index contributed by atoms with van der Waals surface area (Å²) in [5.41, 5.74) is 2.50. The Labute approximate surface area is 152 Å². The number of fused-ring (bicyclic) bond motifs is 1. The van der Waals surface area contributed by atoms with Crippen molar-refractivity contribution in [2.75, 3.05) is 30.0 Å². The number of benzene rings is 2. The highest BCUT2D eigenvalue weighted by atomic mass is 16.6. The van der Waals surface area contributed by atoms with E-state index in [4.69, 9.17) is 9.47 Å². The van der Waals surface area contributed by atoms with E-state index in [9.17, 15) is 9.59 Å². The number of rotatable bonds is 5. The summed E-state index contributed by atoms with van der Waals surface area (Å²) < 4.78 is 11.0. The van der Waals surface area contributed by atoms with Crippen LogP contribution in [0.5, 0.6) is 11.5 Å². The van der Waals surface area contributed by atoms with Crippen LogP contribution in [-0.4, -0.2) is 31.6 Å². The van der Waals surface area contributed by atoms with Crippen LogP contribution in [0.25, 0.3) is 0 Å². The molecule has 0 saturated heterocycles. The van der Waals surface area contributed by atoms with Crippen molar-refractivity contribution in [3.8, 4) is 11.5 Å². The SMILES string of the molecule is CCc1ccc(NC(=O)CN(C(C)=O)c2ccc3c(c2)OCCO3)cc1. The minimum Gasteiger partial charge on any atom is -0.486 e. The first-order valence-electron chi connectivity index (χ1n) is 8.63. The zero-order valence-electron chi connectivity index (χ0n) is 15.0. The second-order valence-electron chi connectivity index (χ2n) is 6.03. The molecule has 0 atom stereocenters. The molecule has 0 spiro atoms. The van der Waals surface area contributed by atoms with E-state index in [0.717, 1.165) is 6.42 Å². The van der Waals surface area contributed by atoms with Crippen LogP contribution in [0.4, 0.5) is 11.4 Å². The van der Waals surface area contributed by atoms with Gasteiger partial charge in [0.2, 0.25) is 11.8 Å². The second-order valence-corrected chi connectivity index (χ2v) is 6.03. The summed E-state index contributed by atoms with van der Waals surface area (Å²) in [7, 11) is 0. The predicted octanol–water partition coefficient (Wildman–Crippen LogP) is 3.01. The van der Waals surface area contributed by atoms with Crippen molar-refractivity contribution in [3.63, 3.8) is 0 Å². The third kappa shape index (κ3) is 4.14. The minimum absolute atomic E-state index is 0.0789. The fourth-order valence-electron chi connectivity index (χ4n) is 2.75. The normalized spacial score (nSPS) is 12.4. The Morgan fingerprint density at radius 2 is 1.73 bits per heavy atom. The Morgan fingerprint density at radius 1 is 1.04 bits per heavy atom. The molecule has 6 heteroatoms. The van der Waals surface area contributed by atoms with Gasteiger partial charge in [-0.3, -0.25) is 9.59 Å². The van der Waals surface area contributed by atoms with Crippen LogP contribution in [0.15, 0.2) is 42.5 Å². The van der Waals surface area contributed by atoms with E-state index in [1.807, 2.05) is 24.3 Å². The summed E-state index contributed by atoms with van der Waals surface area (Å²) in [5, 5.41) is 2.82. The molecule has 1 heterocycles. The van der Waals surface area contributed by atoms with E-state index >= 15 is 0 Å². The number of ether oxygens (including phenoxy) is 2. The highest BCUT2D eigenvalue weighted by Crippen LogP contribution is 2.34. The second kappa shape index (κ2) is 7.91. The van der Waals surface area contributed by atoms with Gasteiger partial charge < -0.3 is 19.7 Å². The maximum Gasteiger partial charge on any atom is 0.244 e. The van der Waals surface area contributed by atoms with Gasteiger partial charge >= 0.3 is 0 Å².